The van der Waals surface area contributed by atoms with Gasteiger partial charge in [0.05, 0.1) is 22.8 Å². The average Bonchev–Trinajstić information content (AvgIpc) is 2.72. The average molecular weight is 452 g/mol. The zero-order valence-electron chi connectivity index (χ0n) is 17.4. The number of nitrogens with one attached hydrogen (secondary N) is 1. The Balaban J connectivity index is 1.79. The summed E-state index contributed by atoms with van der Waals surface area (Å²) in [7, 11) is 5.53. The van der Waals surface area contributed by atoms with Crippen molar-refractivity contribution in [1.82, 2.24) is 9.80 Å². The molecule has 6 nitrogen and oxygen atoms in total. The number of urea groups is 1. The molecule has 2 atom stereocenters. The number of aliphatic hydroxyl groups is 1. The van der Waals surface area contributed by atoms with Crippen molar-refractivity contribution in [3.05, 3.63) is 58.1 Å². The van der Waals surface area contributed by atoms with Crippen LogP contribution < -0.4 is 10.1 Å². The van der Waals surface area contributed by atoms with E-state index in [1.54, 1.807) is 30.2 Å². The molecule has 1 fully saturated rings. The second-order valence-corrected chi connectivity index (χ2v) is 8.68. The van der Waals surface area contributed by atoms with Crippen molar-refractivity contribution in [1.29, 1.82) is 0 Å². The Hall–Kier alpha value is -1.99. The summed E-state index contributed by atoms with van der Waals surface area (Å²) in [5.41, 5.74) is 0.324. The van der Waals surface area contributed by atoms with Crippen molar-refractivity contribution in [2.45, 2.75) is 12.0 Å². The normalized spacial score (nSPS) is 21.6. The smallest absolute Gasteiger partial charge is 0.321 e. The monoisotopic (exact) mass is 451 g/mol. The van der Waals surface area contributed by atoms with Crippen LogP contribution in [0.15, 0.2) is 42.5 Å². The molecule has 2 unspecified atom stereocenters. The summed E-state index contributed by atoms with van der Waals surface area (Å²) < 4.78 is 5.33. The van der Waals surface area contributed by atoms with Gasteiger partial charge in [-0.1, -0.05) is 35.3 Å². The third-order valence-electron chi connectivity index (χ3n) is 5.49. The molecule has 2 aromatic rings. The maximum atomic E-state index is 12.9. The van der Waals surface area contributed by atoms with Crippen molar-refractivity contribution in [2.75, 3.05) is 46.2 Å². The molecular weight excluding hydrogens is 425 g/mol. The van der Waals surface area contributed by atoms with Crippen LogP contribution in [-0.2, 0) is 5.60 Å². The van der Waals surface area contributed by atoms with E-state index in [2.05, 4.69) is 5.32 Å². The maximum Gasteiger partial charge on any atom is 0.321 e. The molecule has 8 heteroatoms. The lowest BCUT2D eigenvalue weighted by Crippen LogP contribution is -2.55. The largest absolute Gasteiger partial charge is 0.497 e. The highest BCUT2D eigenvalue weighted by atomic mass is 35.5. The Morgan fingerprint density at radius 3 is 2.70 bits per heavy atom. The topological polar surface area (TPSA) is 65.0 Å². The van der Waals surface area contributed by atoms with Crippen molar-refractivity contribution < 1.29 is 14.6 Å². The first-order valence-electron chi connectivity index (χ1n) is 9.75. The van der Waals surface area contributed by atoms with E-state index in [0.29, 0.717) is 47.5 Å². The van der Waals surface area contributed by atoms with Crippen molar-refractivity contribution in [3.8, 4) is 5.75 Å². The molecule has 2 N–H and O–H groups in total. The molecule has 1 saturated heterocycles. The number of likely N-dealkylation sites (tertiary alicyclic amines) is 1. The van der Waals surface area contributed by atoms with E-state index in [4.69, 9.17) is 27.9 Å². The number of carbonyl (C=O) groups excluding carboxylic acids is 1. The lowest BCUT2D eigenvalue weighted by Gasteiger charge is -2.45. The van der Waals surface area contributed by atoms with Gasteiger partial charge in [-0.3, -0.25) is 0 Å². The summed E-state index contributed by atoms with van der Waals surface area (Å²) in [5.74, 6) is 0.525. The zero-order chi connectivity index (χ0) is 21.9. The zero-order valence-corrected chi connectivity index (χ0v) is 18.9. The standard InChI is InChI=1S/C22H27Cl2N3O3/c1-26(2)13-16-14-27(21(28)25-17-7-8-19(23)20(24)12-17)10-9-22(16,29)15-5-4-6-18(11-15)30-3/h4-8,11-12,16,29H,9-10,13-14H2,1-3H3,(H,25,28). The highest BCUT2D eigenvalue weighted by Crippen LogP contribution is 2.39. The fraction of sp³-hybridized carbons (Fsp3) is 0.409. The number of amides is 2. The minimum absolute atomic E-state index is 0.173. The molecule has 30 heavy (non-hydrogen) atoms. The molecule has 0 bridgehead atoms. The van der Waals surface area contributed by atoms with Gasteiger partial charge in [-0.25, -0.2) is 4.79 Å². The molecule has 0 spiro atoms. The van der Waals surface area contributed by atoms with E-state index in [1.165, 1.54) is 0 Å². The van der Waals surface area contributed by atoms with Crippen molar-refractivity contribution in [2.24, 2.45) is 5.92 Å². The summed E-state index contributed by atoms with van der Waals surface area (Å²) in [5, 5.41) is 15.3. The van der Waals surface area contributed by atoms with E-state index in [9.17, 15) is 9.90 Å². The van der Waals surface area contributed by atoms with Crippen LogP contribution in [-0.4, -0.2) is 61.8 Å². The van der Waals surface area contributed by atoms with Gasteiger partial charge in [-0.2, -0.15) is 0 Å². The summed E-state index contributed by atoms with van der Waals surface area (Å²) in [6.45, 7) is 1.47. The van der Waals surface area contributed by atoms with Crippen LogP contribution in [0.3, 0.4) is 0 Å². The number of halogens is 2. The molecule has 1 heterocycles. The molecule has 0 saturated carbocycles. The summed E-state index contributed by atoms with van der Waals surface area (Å²) in [6.07, 6.45) is 0.424. The Kier molecular flexibility index (Phi) is 7.14. The van der Waals surface area contributed by atoms with Gasteiger partial charge in [0, 0.05) is 31.2 Å². The highest BCUT2D eigenvalue weighted by Gasteiger charge is 2.44. The third kappa shape index (κ3) is 5.01. The molecule has 1 aliphatic rings. The second kappa shape index (κ2) is 9.43. The van der Waals surface area contributed by atoms with Crippen LogP contribution >= 0.6 is 23.2 Å². The third-order valence-corrected chi connectivity index (χ3v) is 6.23. The van der Waals surface area contributed by atoms with Gasteiger partial charge in [0.2, 0.25) is 0 Å². The SMILES string of the molecule is COc1cccc(C2(O)CCN(C(=O)Nc3ccc(Cl)c(Cl)c3)CC2CN(C)C)c1. The quantitative estimate of drug-likeness (QED) is 0.710. The summed E-state index contributed by atoms with van der Waals surface area (Å²) in [4.78, 5) is 16.6. The van der Waals surface area contributed by atoms with Gasteiger partial charge in [-0.05, 0) is 56.4 Å². The van der Waals surface area contributed by atoms with Crippen LogP contribution in [0.2, 0.25) is 10.0 Å². The van der Waals surface area contributed by atoms with E-state index >= 15 is 0 Å². The minimum Gasteiger partial charge on any atom is -0.497 e. The van der Waals surface area contributed by atoms with Crippen molar-refractivity contribution in [3.63, 3.8) is 0 Å². The number of methoxy groups -OCH3 is 1. The molecule has 2 aromatic carbocycles. The molecule has 1 aliphatic heterocycles. The van der Waals surface area contributed by atoms with E-state index in [-0.39, 0.29) is 11.9 Å². The summed E-state index contributed by atoms with van der Waals surface area (Å²) in [6, 6.07) is 12.3. The molecule has 0 radical (unpaired) electrons. The van der Waals surface area contributed by atoms with Crippen LogP contribution in [0, 0.1) is 5.92 Å². The first-order valence-corrected chi connectivity index (χ1v) is 10.5. The number of carbonyl (C=O) groups is 1. The number of hydrogen-bond acceptors (Lipinski definition) is 4. The Morgan fingerprint density at radius 2 is 2.03 bits per heavy atom. The van der Waals surface area contributed by atoms with E-state index < -0.39 is 5.60 Å². The van der Waals surface area contributed by atoms with Crippen LogP contribution in [0.4, 0.5) is 10.5 Å². The van der Waals surface area contributed by atoms with Gasteiger partial charge in [0.25, 0.3) is 0 Å². The maximum absolute atomic E-state index is 12.9. The first-order chi connectivity index (χ1) is 14.2. The van der Waals surface area contributed by atoms with Gasteiger partial charge in [-0.15, -0.1) is 0 Å². The minimum atomic E-state index is -1.06. The predicted molar refractivity (Wildman–Crippen MR) is 121 cm³/mol. The fourth-order valence-corrected chi connectivity index (χ4v) is 4.20. The molecule has 2 amide bonds. The van der Waals surface area contributed by atoms with Crippen LogP contribution in [0.5, 0.6) is 5.75 Å². The Labute approximate surface area is 187 Å². The van der Waals surface area contributed by atoms with Gasteiger partial charge in [0.15, 0.2) is 0 Å². The summed E-state index contributed by atoms with van der Waals surface area (Å²) >= 11 is 12.0. The number of anilines is 1. The number of rotatable bonds is 5. The number of benzene rings is 2. The predicted octanol–water partition coefficient (Wildman–Crippen LogP) is 4.31. The Morgan fingerprint density at radius 1 is 1.27 bits per heavy atom. The lowest BCUT2D eigenvalue weighted by atomic mass is 9.75. The number of piperidine rings is 1. The van der Waals surface area contributed by atoms with Gasteiger partial charge < -0.3 is 25.0 Å². The van der Waals surface area contributed by atoms with Crippen molar-refractivity contribution >= 4 is 34.9 Å². The lowest BCUT2D eigenvalue weighted by molar-refractivity contribution is -0.0750. The van der Waals surface area contributed by atoms with Crippen LogP contribution in [0.1, 0.15) is 12.0 Å². The highest BCUT2D eigenvalue weighted by molar-refractivity contribution is 6.42. The van der Waals surface area contributed by atoms with Gasteiger partial charge in [0.1, 0.15) is 5.75 Å². The molecular formula is C22H27Cl2N3O3. The second-order valence-electron chi connectivity index (χ2n) is 7.87. The Bertz CT molecular complexity index is 909. The fourth-order valence-electron chi connectivity index (χ4n) is 3.90. The van der Waals surface area contributed by atoms with Crippen LogP contribution in [0.25, 0.3) is 0 Å². The molecule has 0 aromatic heterocycles. The number of nitrogens with zero attached hydrogens (tertiary/aromatic N) is 2. The van der Waals surface area contributed by atoms with E-state index in [0.717, 1.165) is 5.56 Å². The molecule has 0 aliphatic carbocycles. The first kappa shape index (κ1) is 22.7. The number of ether oxygens (including phenoxy) is 1. The van der Waals surface area contributed by atoms with E-state index in [1.807, 2.05) is 43.3 Å². The molecule has 162 valence electrons. The van der Waals surface area contributed by atoms with Gasteiger partial charge >= 0.3 is 6.03 Å². The number of hydrogen-bond donors (Lipinski definition) is 2. The molecule has 3 rings (SSSR count).